The van der Waals surface area contributed by atoms with Gasteiger partial charge in [-0.3, -0.25) is 29.4 Å². The van der Waals surface area contributed by atoms with E-state index in [4.69, 9.17) is 11.6 Å². The lowest BCUT2D eigenvalue weighted by atomic mass is 10.1. The average Bonchev–Trinajstić information content (AvgIpc) is 2.87. The SMILES string of the molecule is C[C@@H](C(=O)Nc1ccc(Cl)c([N+](=O)[O-])c1)N1C(=O)c2ccccc2C1=O. The molecule has 3 amide bonds. The first-order valence-electron chi connectivity index (χ1n) is 7.53. The molecular weight excluding hydrogens is 362 g/mol. The second-order valence-electron chi connectivity index (χ2n) is 5.61. The van der Waals surface area contributed by atoms with E-state index in [1.54, 1.807) is 12.1 Å². The van der Waals surface area contributed by atoms with Crippen LogP contribution in [0.25, 0.3) is 0 Å². The van der Waals surface area contributed by atoms with Crippen molar-refractivity contribution in [2.75, 3.05) is 5.32 Å². The van der Waals surface area contributed by atoms with Gasteiger partial charge in [0.15, 0.2) is 0 Å². The maximum atomic E-state index is 12.4. The monoisotopic (exact) mass is 373 g/mol. The van der Waals surface area contributed by atoms with E-state index in [0.29, 0.717) is 0 Å². The summed E-state index contributed by atoms with van der Waals surface area (Å²) in [6, 6.07) is 8.97. The zero-order valence-corrected chi connectivity index (χ0v) is 14.2. The van der Waals surface area contributed by atoms with Crippen molar-refractivity contribution in [3.8, 4) is 0 Å². The number of nitrogens with one attached hydrogen (secondary N) is 1. The Kier molecular flexibility index (Phi) is 4.43. The van der Waals surface area contributed by atoms with Gasteiger partial charge < -0.3 is 5.32 Å². The number of fused-ring (bicyclic) bond motifs is 1. The summed E-state index contributed by atoms with van der Waals surface area (Å²) < 4.78 is 0. The van der Waals surface area contributed by atoms with Crippen molar-refractivity contribution in [2.24, 2.45) is 0 Å². The second kappa shape index (κ2) is 6.57. The van der Waals surface area contributed by atoms with Crippen LogP contribution in [0.15, 0.2) is 42.5 Å². The van der Waals surface area contributed by atoms with E-state index in [2.05, 4.69) is 5.32 Å². The van der Waals surface area contributed by atoms with Crippen molar-refractivity contribution >= 4 is 40.7 Å². The summed E-state index contributed by atoms with van der Waals surface area (Å²) >= 11 is 5.73. The highest BCUT2D eigenvalue weighted by molar-refractivity contribution is 6.32. The normalized spacial score (nSPS) is 14.2. The Morgan fingerprint density at radius 1 is 1.15 bits per heavy atom. The number of anilines is 1. The molecule has 2 aromatic rings. The van der Waals surface area contributed by atoms with Crippen LogP contribution in [0.5, 0.6) is 0 Å². The van der Waals surface area contributed by atoms with Crippen molar-refractivity contribution in [2.45, 2.75) is 13.0 Å². The number of benzene rings is 2. The van der Waals surface area contributed by atoms with Crippen LogP contribution >= 0.6 is 11.6 Å². The average molecular weight is 374 g/mol. The van der Waals surface area contributed by atoms with Crippen LogP contribution in [0.3, 0.4) is 0 Å². The van der Waals surface area contributed by atoms with E-state index in [9.17, 15) is 24.5 Å². The van der Waals surface area contributed by atoms with E-state index < -0.39 is 28.7 Å². The Hall–Kier alpha value is -3.26. The van der Waals surface area contributed by atoms with Gasteiger partial charge >= 0.3 is 0 Å². The smallest absolute Gasteiger partial charge is 0.289 e. The number of nitro groups is 1. The van der Waals surface area contributed by atoms with Crippen molar-refractivity contribution in [1.82, 2.24) is 4.90 Å². The molecular formula is C17H12ClN3O5. The summed E-state index contributed by atoms with van der Waals surface area (Å²) in [6.45, 7) is 1.40. The van der Waals surface area contributed by atoms with Crippen LogP contribution in [0.4, 0.5) is 11.4 Å². The molecule has 0 radical (unpaired) electrons. The molecule has 1 atom stereocenters. The van der Waals surface area contributed by atoms with Gasteiger partial charge in [-0.2, -0.15) is 0 Å². The largest absolute Gasteiger partial charge is 0.324 e. The van der Waals surface area contributed by atoms with Gasteiger partial charge in [0.05, 0.1) is 16.1 Å². The Labute approximate surface area is 152 Å². The van der Waals surface area contributed by atoms with Crippen molar-refractivity contribution in [1.29, 1.82) is 0 Å². The molecule has 0 saturated heterocycles. The fourth-order valence-corrected chi connectivity index (χ4v) is 2.84. The Morgan fingerprint density at radius 2 is 1.73 bits per heavy atom. The summed E-state index contributed by atoms with van der Waals surface area (Å²) in [7, 11) is 0. The van der Waals surface area contributed by atoms with E-state index in [1.165, 1.54) is 31.2 Å². The van der Waals surface area contributed by atoms with Crippen molar-refractivity contribution in [3.05, 3.63) is 68.7 Å². The third kappa shape index (κ3) is 2.91. The minimum absolute atomic E-state index is 0.0682. The molecule has 0 aliphatic carbocycles. The maximum Gasteiger partial charge on any atom is 0.289 e. The van der Waals surface area contributed by atoms with Gasteiger partial charge in [0.2, 0.25) is 5.91 Å². The van der Waals surface area contributed by atoms with E-state index in [1.807, 2.05) is 0 Å². The quantitative estimate of drug-likeness (QED) is 0.503. The number of hydrogen-bond acceptors (Lipinski definition) is 5. The van der Waals surface area contributed by atoms with Crippen LogP contribution in [-0.2, 0) is 4.79 Å². The van der Waals surface area contributed by atoms with Crippen LogP contribution in [0.2, 0.25) is 5.02 Å². The number of amides is 3. The topological polar surface area (TPSA) is 110 Å². The lowest BCUT2D eigenvalue weighted by molar-refractivity contribution is -0.384. The third-order valence-corrected chi connectivity index (χ3v) is 4.32. The summed E-state index contributed by atoms with van der Waals surface area (Å²) in [5, 5.41) is 13.3. The van der Waals surface area contributed by atoms with Crippen molar-refractivity contribution < 1.29 is 19.3 Å². The van der Waals surface area contributed by atoms with Gasteiger partial charge in [-0.05, 0) is 31.2 Å². The molecule has 0 saturated carbocycles. The molecule has 0 fully saturated rings. The fraction of sp³-hybridized carbons (Fsp3) is 0.118. The van der Waals surface area contributed by atoms with Crippen LogP contribution in [0, 0.1) is 10.1 Å². The van der Waals surface area contributed by atoms with Gasteiger partial charge in [0, 0.05) is 11.8 Å². The highest BCUT2D eigenvalue weighted by atomic mass is 35.5. The number of hydrogen-bond donors (Lipinski definition) is 1. The van der Waals surface area contributed by atoms with Crippen LogP contribution in [0.1, 0.15) is 27.6 Å². The number of carbonyl (C=O) groups excluding carboxylic acids is 3. The first kappa shape index (κ1) is 17.6. The number of nitrogens with zero attached hydrogens (tertiary/aromatic N) is 2. The molecule has 3 rings (SSSR count). The fourth-order valence-electron chi connectivity index (χ4n) is 2.65. The molecule has 0 aromatic heterocycles. The van der Waals surface area contributed by atoms with Gasteiger partial charge in [-0.15, -0.1) is 0 Å². The molecule has 1 aliphatic rings. The predicted molar refractivity (Wildman–Crippen MR) is 93.1 cm³/mol. The Balaban J connectivity index is 1.81. The number of halogens is 1. The zero-order valence-electron chi connectivity index (χ0n) is 13.4. The highest BCUT2D eigenvalue weighted by Crippen LogP contribution is 2.28. The van der Waals surface area contributed by atoms with Gasteiger partial charge in [-0.1, -0.05) is 23.7 Å². The molecule has 0 bridgehead atoms. The Bertz CT molecular complexity index is 924. The second-order valence-corrected chi connectivity index (χ2v) is 6.02. The molecule has 26 heavy (non-hydrogen) atoms. The standard InChI is InChI=1S/C17H12ClN3O5/c1-9(20-16(23)11-4-2-3-5-12(11)17(20)24)15(22)19-10-6-7-13(18)14(8-10)21(25)26/h2-9H,1H3,(H,19,22)/t9-/m0/s1. The van der Waals surface area contributed by atoms with Gasteiger partial charge in [0.25, 0.3) is 17.5 Å². The minimum Gasteiger partial charge on any atom is -0.324 e. The number of rotatable bonds is 4. The molecule has 1 aliphatic heterocycles. The molecule has 1 N–H and O–H groups in total. The number of nitro benzene ring substituents is 1. The van der Waals surface area contributed by atoms with Crippen LogP contribution < -0.4 is 5.32 Å². The molecule has 132 valence electrons. The molecule has 9 heteroatoms. The summed E-state index contributed by atoms with van der Waals surface area (Å²) in [5.41, 5.74) is 0.242. The Morgan fingerprint density at radius 3 is 2.27 bits per heavy atom. The predicted octanol–water partition coefficient (Wildman–Crippen LogP) is 2.87. The van der Waals surface area contributed by atoms with Gasteiger partial charge in [0.1, 0.15) is 11.1 Å². The molecule has 2 aromatic carbocycles. The zero-order chi connectivity index (χ0) is 19.0. The third-order valence-electron chi connectivity index (χ3n) is 4.00. The van der Waals surface area contributed by atoms with E-state index in [-0.39, 0.29) is 27.5 Å². The summed E-state index contributed by atoms with van der Waals surface area (Å²) in [4.78, 5) is 48.4. The van der Waals surface area contributed by atoms with E-state index in [0.717, 1.165) is 11.0 Å². The lowest BCUT2D eigenvalue weighted by Crippen LogP contribution is -2.45. The molecule has 0 unspecified atom stereocenters. The minimum atomic E-state index is -1.10. The first-order chi connectivity index (χ1) is 12.3. The maximum absolute atomic E-state index is 12.4. The number of imide groups is 1. The number of carbonyl (C=O) groups is 3. The highest BCUT2D eigenvalue weighted by Gasteiger charge is 2.40. The van der Waals surface area contributed by atoms with Crippen LogP contribution in [-0.4, -0.2) is 33.6 Å². The summed E-state index contributed by atoms with van der Waals surface area (Å²) in [6.07, 6.45) is 0. The first-order valence-corrected chi connectivity index (χ1v) is 7.90. The molecule has 8 nitrogen and oxygen atoms in total. The molecule has 1 heterocycles. The van der Waals surface area contributed by atoms with Crippen molar-refractivity contribution in [3.63, 3.8) is 0 Å². The van der Waals surface area contributed by atoms with E-state index >= 15 is 0 Å². The van der Waals surface area contributed by atoms with Gasteiger partial charge in [-0.25, -0.2) is 0 Å². The lowest BCUT2D eigenvalue weighted by Gasteiger charge is -2.21. The summed E-state index contributed by atoms with van der Waals surface area (Å²) in [5.74, 6) is -1.78. The molecule has 0 spiro atoms.